The Hall–Kier alpha value is 0.0700. The van der Waals surface area contributed by atoms with Crippen LogP contribution in [0.15, 0.2) is 0 Å². The second-order valence-electron chi connectivity index (χ2n) is 3.63. The molecule has 1 rings (SSSR count). The van der Waals surface area contributed by atoms with Crippen LogP contribution >= 0.6 is 0 Å². The van der Waals surface area contributed by atoms with Gasteiger partial charge in [-0.3, -0.25) is 4.21 Å². The standard InChI is InChI=1S/C9H19NO2S/c1-12-7-9(8-3-4-8)10-5-6-13(2)11/h8-10H,3-7H2,1-2H3. The van der Waals surface area contributed by atoms with Crippen molar-refractivity contribution in [2.24, 2.45) is 5.92 Å². The molecular weight excluding hydrogens is 186 g/mol. The second-order valence-corrected chi connectivity index (χ2v) is 5.19. The minimum atomic E-state index is -0.682. The predicted molar refractivity (Wildman–Crippen MR) is 55.3 cm³/mol. The van der Waals surface area contributed by atoms with Gasteiger partial charge in [-0.15, -0.1) is 0 Å². The summed E-state index contributed by atoms with van der Waals surface area (Å²) in [5.41, 5.74) is 0. The first-order valence-corrected chi connectivity index (χ1v) is 6.49. The Morgan fingerprint density at radius 2 is 2.31 bits per heavy atom. The Bertz CT molecular complexity index is 171. The Morgan fingerprint density at radius 3 is 2.77 bits per heavy atom. The number of hydrogen-bond donors (Lipinski definition) is 1. The fourth-order valence-corrected chi connectivity index (χ4v) is 1.83. The van der Waals surface area contributed by atoms with E-state index >= 15 is 0 Å². The highest BCUT2D eigenvalue weighted by atomic mass is 32.2. The molecule has 2 unspecified atom stereocenters. The molecule has 0 heterocycles. The van der Waals surface area contributed by atoms with Crippen LogP contribution in [-0.2, 0) is 15.5 Å². The summed E-state index contributed by atoms with van der Waals surface area (Å²) in [7, 11) is 1.05. The highest BCUT2D eigenvalue weighted by molar-refractivity contribution is 7.84. The normalized spacial score (nSPS) is 21.4. The zero-order valence-electron chi connectivity index (χ0n) is 8.41. The lowest BCUT2D eigenvalue weighted by Crippen LogP contribution is -2.37. The zero-order valence-corrected chi connectivity index (χ0v) is 9.23. The first-order valence-electron chi connectivity index (χ1n) is 4.76. The molecular formula is C9H19NO2S. The summed E-state index contributed by atoms with van der Waals surface area (Å²) in [5, 5.41) is 3.40. The molecule has 2 atom stereocenters. The summed E-state index contributed by atoms with van der Waals surface area (Å²) in [4.78, 5) is 0. The molecule has 0 spiro atoms. The van der Waals surface area contributed by atoms with Gasteiger partial charge in [0, 0.05) is 42.5 Å². The molecule has 0 bridgehead atoms. The van der Waals surface area contributed by atoms with E-state index in [0.717, 1.165) is 24.8 Å². The van der Waals surface area contributed by atoms with Gasteiger partial charge in [0.05, 0.1) is 6.61 Å². The highest BCUT2D eigenvalue weighted by Crippen LogP contribution is 2.32. The molecule has 0 aliphatic heterocycles. The quantitative estimate of drug-likeness (QED) is 0.653. The molecule has 3 nitrogen and oxygen atoms in total. The average molecular weight is 205 g/mol. The van der Waals surface area contributed by atoms with Crippen LogP contribution in [0.2, 0.25) is 0 Å². The molecule has 1 saturated carbocycles. The van der Waals surface area contributed by atoms with Crippen molar-refractivity contribution in [3.05, 3.63) is 0 Å². The van der Waals surface area contributed by atoms with Gasteiger partial charge < -0.3 is 10.1 Å². The Balaban J connectivity index is 2.10. The van der Waals surface area contributed by atoms with Gasteiger partial charge in [-0.25, -0.2) is 0 Å². The van der Waals surface area contributed by atoms with Crippen LogP contribution in [0.4, 0.5) is 0 Å². The van der Waals surface area contributed by atoms with Crippen LogP contribution in [0.25, 0.3) is 0 Å². The molecule has 0 saturated heterocycles. The van der Waals surface area contributed by atoms with Crippen molar-refractivity contribution in [1.82, 2.24) is 5.32 Å². The maximum Gasteiger partial charge on any atom is 0.0618 e. The lowest BCUT2D eigenvalue weighted by atomic mass is 10.2. The summed E-state index contributed by atoms with van der Waals surface area (Å²) in [5.74, 6) is 1.54. The molecule has 0 radical (unpaired) electrons. The summed E-state index contributed by atoms with van der Waals surface area (Å²) in [6.45, 7) is 1.62. The van der Waals surface area contributed by atoms with Crippen molar-refractivity contribution in [2.75, 3.05) is 32.3 Å². The van der Waals surface area contributed by atoms with E-state index in [0.29, 0.717) is 6.04 Å². The van der Waals surface area contributed by atoms with Crippen LogP contribution in [0.5, 0.6) is 0 Å². The Labute approximate surface area is 82.7 Å². The summed E-state index contributed by atoms with van der Waals surface area (Å²) in [6.07, 6.45) is 4.37. The Kier molecular flexibility index (Phi) is 4.91. The van der Waals surface area contributed by atoms with Gasteiger partial charge in [0.2, 0.25) is 0 Å². The van der Waals surface area contributed by atoms with Gasteiger partial charge in [0.15, 0.2) is 0 Å². The molecule has 1 aliphatic rings. The van der Waals surface area contributed by atoms with Crippen molar-refractivity contribution in [3.8, 4) is 0 Å². The van der Waals surface area contributed by atoms with E-state index in [1.54, 1.807) is 13.4 Å². The first-order chi connectivity index (χ1) is 6.24. The molecule has 1 aliphatic carbocycles. The monoisotopic (exact) mass is 205 g/mol. The van der Waals surface area contributed by atoms with Crippen LogP contribution in [0.3, 0.4) is 0 Å². The van der Waals surface area contributed by atoms with Crippen molar-refractivity contribution in [1.29, 1.82) is 0 Å². The molecule has 0 aromatic carbocycles. The number of ether oxygens (including phenoxy) is 1. The third-order valence-electron chi connectivity index (χ3n) is 2.33. The van der Waals surface area contributed by atoms with E-state index in [1.165, 1.54) is 12.8 Å². The third kappa shape index (κ3) is 4.74. The summed E-state index contributed by atoms with van der Waals surface area (Å²) in [6, 6.07) is 0.480. The maximum atomic E-state index is 10.8. The van der Waals surface area contributed by atoms with Crippen LogP contribution in [0, 0.1) is 5.92 Å². The number of nitrogens with one attached hydrogen (secondary N) is 1. The molecule has 1 N–H and O–H groups in total. The van der Waals surface area contributed by atoms with Gasteiger partial charge in [-0.1, -0.05) is 0 Å². The van der Waals surface area contributed by atoms with Crippen molar-refractivity contribution in [2.45, 2.75) is 18.9 Å². The zero-order chi connectivity index (χ0) is 9.68. The smallest absolute Gasteiger partial charge is 0.0618 e. The van der Waals surface area contributed by atoms with E-state index in [-0.39, 0.29) is 0 Å². The van der Waals surface area contributed by atoms with E-state index in [9.17, 15) is 4.21 Å². The van der Waals surface area contributed by atoms with Gasteiger partial charge in [-0.2, -0.15) is 0 Å². The Morgan fingerprint density at radius 1 is 1.62 bits per heavy atom. The number of rotatable bonds is 7. The SMILES string of the molecule is COCC(NCCS(C)=O)C1CC1. The van der Waals surface area contributed by atoms with E-state index in [2.05, 4.69) is 5.32 Å². The molecule has 4 heteroatoms. The lowest BCUT2D eigenvalue weighted by molar-refractivity contribution is 0.159. The highest BCUT2D eigenvalue weighted by Gasteiger charge is 2.30. The summed E-state index contributed by atoms with van der Waals surface area (Å²) >= 11 is 0. The number of hydrogen-bond acceptors (Lipinski definition) is 3. The average Bonchev–Trinajstić information content (AvgIpc) is 2.84. The van der Waals surface area contributed by atoms with Crippen molar-refractivity contribution in [3.63, 3.8) is 0 Å². The molecule has 0 aromatic rings. The number of methoxy groups -OCH3 is 1. The molecule has 0 aromatic heterocycles. The van der Waals surface area contributed by atoms with Crippen LogP contribution in [-0.4, -0.2) is 42.5 Å². The third-order valence-corrected chi connectivity index (χ3v) is 3.11. The second kappa shape index (κ2) is 5.73. The fraction of sp³-hybridized carbons (Fsp3) is 1.00. The molecule has 13 heavy (non-hydrogen) atoms. The molecule has 1 fully saturated rings. The van der Waals surface area contributed by atoms with Gasteiger partial charge in [0.1, 0.15) is 0 Å². The van der Waals surface area contributed by atoms with Crippen molar-refractivity contribution < 1.29 is 8.95 Å². The van der Waals surface area contributed by atoms with Gasteiger partial charge >= 0.3 is 0 Å². The van der Waals surface area contributed by atoms with E-state index in [4.69, 9.17) is 4.74 Å². The maximum absolute atomic E-state index is 10.8. The topological polar surface area (TPSA) is 38.3 Å². The lowest BCUT2D eigenvalue weighted by Gasteiger charge is -2.16. The molecule has 78 valence electrons. The van der Waals surface area contributed by atoms with Crippen LogP contribution < -0.4 is 5.32 Å². The minimum Gasteiger partial charge on any atom is -0.383 e. The predicted octanol–water partition coefficient (Wildman–Crippen LogP) is 0.380. The minimum absolute atomic E-state index is 0.480. The largest absolute Gasteiger partial charge is 0.383 e. The molecule has 0 amide bonds. The van der Waals surface area contributed by atoms with Gasteiger partial charge in [0.25, 0.3) is 0 Å². The van der Waals surface area contributed by atoms with E-state index in [1.807, 2.05) is 0 Å². The van der Waals surface area contributed by atoms with E-state index < -0.39 is 10.8 Å². The first kappa shape index (κ1) is 11.1. The summed E-state index contributed by atoms with van der Waals surface area (Å²) < 4.78 is 15.9. The van der Waals surface area contributed by atoms with Crippen molar-refractivity contribution >= 4 is 10.8 Å². The van der Waals surface area contributed by atoms with Gasteiger partial charge in [-0.05, 0) is 18.8 Å². The van der Waals surface area contributed by atoms with Crippen LogP contribution in [0.1, 0.15) is 12.8 Å². The fourth-order valence-electron chi connectivity index (χ4n) is 1.43.